The molecular weight excluding hydrogens is 250 g/mol. The van der Waals surface area contributed by atoms with Crippen molar-refractivity contribution < 1.29 is 5.11 Å². The quantitative estimate of drug-likeness (QED) is 0.678. The maximum atomic E-state index is 8.66. The first-order valence-electron chi connectivity index (χ1n) is 6.28. The van der Waals surface area contributed by atoms with E-state index in [-0.39, 0.29) is 0 Å². The fourth-order valence-electron chi connectivity index (χ4n) is 1.53. The van der Waals surface area contributed by atoms with Crippen molar-refractivity contribution in [2.45, 2.75) is 32.7 Å². The lowest BCUT2D eigenvalue weighted by Gasteiger charge is -2.11. The highest BCUT2D eigenvalue weighted by molar-refractivity contribution is 7.99. The molecule has 0 aliphatic carbocycles. The molecule has 0 aliphatic rings. The van der Waals surface area contributed by atoms with E-state index in [0.29, 0.717) is 12.6 Å². The van der Waals surface area contributed by atoms with Gasteiger partial charge in [0.1, 0.15) is 0 Å². The third kappa shape index (κ3) is 5.91. The Labute approximate surface area is 113 Å². The molecule has 98 valence electrons. The summed E-state index contributed by atoms with van der Waals surface area (Å²) in [6.45, 7) is 5.78. The van der Waals surface area contributed by atoms with Gasteiger partial charge in [0.25, 0.3) is 0 Å². The van der Waals surface area contributed by atoms with Crippen LogP contribution in [0.1, 0.15) is 36.1 Å². The maximum Gasteiger partial charge on any atom is 0.0438 e. The van der Waals surface area contributed by atoms with Crippen molar-refractivity contribution in [3.63, 3.8) is 0 Å². The van der Waals surface area contributed by atoms with E-state index < -0.39 is 0 Å². The van der Waals surface area contributed by atoms with Gasteiger partial charge < -0.3 is 10.4 Å². The molecule has 1 unspecified atom stereocenters. The Balaban J connectivity index is 2.14. The Hall–Kier alpha value is -0.0300. The summed E-state index contributed by atoms with van der Waals surface area (Å²) in [5, 5.41) is 12.2. The monoisotopic (exact) mass is 273 g/mol. The number of aryl methyl sites for hydroxylation is 1. The minimum absolute atomic E-state index is 0.311. The summed E-state index contributed by atoms with van der Waals surface area (Å²) in [5.74, 6) is 2.18. The predicted molar refractivity (Wildman–Crippen MR) is 79.1 cm³/mol. The Morgan fingerprint density at radius 2 is 2.24 bits per heavy atom. The van der Waals surface area contributed by atoms with E-state index in [9.17, 15) is 0 Å². The Kier molecular flexibility index (Phi) is 7.93. The zero-order valence-electron chi connectivity index (χ0n) is 10.7. The summed E-state index contributed by atoms with van der Waals surface area (Å²) in [4.78, 5) is 2.90. The molecule has 1 heterocycles. The first-order valence-corrected chi connectivity index (χ1v) is 8.25. The minimum Gasteiger partial charge on any atom is -0.396 e. The Bertz CT molecular complexity index is 301. The smallest absolute Gasteiger partial charge is 0.0438 e. The topological polar surface area (TPSA) is 32.3 Å². The van der Waals surface area contributed by atoms with Gasteiger partial charge in [0.2, 0.25) is 0 Å². The second-order valence-electron chi connectivity index (χ2n) is 4.02. The highest BCUT2D eigenvalue weighted by Crippen LogP contribution is 2.23. The zero-order chi connectivity index (χ0) is 12.5. The summed E-state index contributed by atoms with van der Waals surface area (Å²) < 4.78 is 0. The molecule has 1 aromatic heterocycles. The van der Waals surface area contributed by atoms with Gasteiger partial charge in [-0.2, -0.15) is 11.8 Å². The molecule has 1 atom stereocenters. The molecule has 1 aromatic rings. The maximum absolute atomic E-state index is 8.66. The van der Waals surface area contributed by atoms with E-state index >= 15 is 0 Å². The summed E-state index contributed by atoms with van der Waals surface area (Å²) in [7, 11) is 0. The van der Waals surface area contributed by atoms with Crippen LogP contribution in [0.15, 0.2) is 12.1 Å². The fraction of sp³-hybridized carbons (Fsp3) is 0.692. The summed E-state index contributed by atoms with van der Waals surface area (Å²) in [6, 6.07) is 4.92. The highest BCUT2D eigenvalue weighted by atomic mass is 32.2. The van der Waals surface area contributed by atoms with E-state index in [4.69, 9.17) is 5.11 Å². The molecule has 2 nitrogen and oxygen atoms in total. The van der Waals surface area contributed by atoms with Crippen LogP contribution in [0.5, 0.6) is 0 Å². The average Bonchev–Trinajstić information content (AvgIpc) is 2.82. The van der Waals surface area contributed by atoms with Gasteiger partial charge >= 0.3 is 0 Å². The number of hydrogen-bond acceptors (Lipinski definition) is 4. The van der Waals surface area contributed by atoms with Crippen molar-refractivity contribution >= 4 is 23.1 Å². The fourth-order valence-corrected chi connectivity index (χ4v) is 3.31. The molecule has 0 radical (unpaired) electrons. The van der Waals surface area contributed by atoms with Gasteiger partial charge in [-0.25, -0.2) is 0 Å². The van der Waals surface area contributed by atoms with Crippen LogP contribution in [0.3, 0.4) is 0 Å². The standard InChI is InChI=1S/C13H23NOS2/c1-3-12-5-6-13(17-12)11(2)14-7-10-16-9-4-8-15/h5-6,11,14-15H,3-4,7-10H2,1-2H3. The molecule has 1 rings (SSSR count). The van der Waals surface area contributed by atoms with E-state index in [1.54, 1.807) is 0 Å². The van der Waals surface area contributed by atoms with Gasteiger partial charge in [-0.1, -0.05) is 6.92 Å². The van der Waals surface area contributed by atoms with Crippen LogP contribution in [0.2, 0.25) is 0 Å². The van der Waals surface area contributed by atoms with Crippen molar-refractivity contribution in [3.8, 4) is 0 Å². The molecule has 0 aromatic carbocycles. The lowest BCUT2D eigenvalue weighted by atomic mass is 10.2. The van der Waals surface area contributed by atoms with E-state index in [1.165, 1.54) is 9.75 Å². The second kappa shape index (κ2) is 8.97. The van der Waals surface area contributed by atoms with E-state index in [0.717, 1.165) is 30.9 Å². The van der Waals surface area contributed by atoms with Crippen LogP contribution >= 0.6 is 23.1 Å². The molecule has 0 amide bonds. The van der Waals surface area contributed by atoms with Gasteiger partial charge in [0, 0.05) is 34.7 Å². The Morgan fingerprint density at radius 3 is 2.88 bits per heavy atom. The van der Waals surface area contributed by atoms with Crippen molar-refractivity contribution in [1.82, 2.24) is 5.32 Å². The molecular formula is C13H23NOS2. The SMILES string of the molecule is CCc1ccc(C(C)NCCSCCCO)s1. The van der Waals surface area contributed by atoms with Crippen LogP contribution in [0.4, 0.5) is 0 Å². The van der Waals surface area contributed by atoms with Crippen molar-refractivity contribution in [2.75, 3.05) is 24.7 Å². The molecule has 2 N–H and O–H groups in total. The minimum atomic E-state index is 0.311. The van der Waals surface area contributed by atoms with Crippen molar-refractivity contribution in [2.24, 2.45) is 0 Å². The third-order valence-electron chi connectivity index (χ3n) is 2.60. The van der Waals surface area contributed by atoms with Crippen molar-refractivity contribution in [1.29, 1.82) is 0 Å². The molecule has 17 heavy (non-hydrogen) atoms. The van der Waals surface area contributed by atoms with Crippen LogP contribution < -0.4 is 5.32 Å². The molecule has 0 saturated carbocycles. The highest BCUT2D eigenvalue weighted by Gasteiger charge is 2.06. The van der Waals surface area contributed by atoms with Crippen LogP contribution in [-0.2, 0) is 6.42 Å². The number of rotatable bonds is 9. The van der Waals surface area contributed by atoms with E-state index in [2.05, 4.69) is 31.3 Å². The normalized spacial score (nSPS) is 12.9. The van der Waals surface area contributed by atoms with Crippen LogP contribution in [-0.4, -0.2) is 29.8 Å². The summed E-state index contributed by atoms with van der Waals surface area (Å²) >= 11 is 3.82. The third-order valence-corrected chi connectivity index (χ3v) is 5.08. The van der Waals surface area contributed by atoms with Gasteiger partial charge in [-0.15, -0.1) is 11.3 Å². The predicted octanol–water partition coefficient (Wildman–Crippen LogP) is 3.08. The second-order valence-corrected chi connectivity index (χ2v) is 6.45. The number of thioether (sulfide) groups is 1. The Morgan fingerprint density at radius 1 is 1.41 bits per heavy atom. The number of aliphatic hydroxyl groups is 1. The van der Waals surface area contributed by atoms with Crippen molar-refractivity contribution in [3.05, 3.63) is 21.9 Å². The summed E-state index contributed by atoms with van der Waals surface area (Å²) in [6.07, 6.45) is 2.04. The molecule has 0 bridgehead atoms. The number of aliphatic hydroxyl groups excluding tert-OH is 1. The van der Waals surface area contributed by atoms with Gasteiger partial charge in [0.05, 0.1) is 0 Å². The molecule has 0 aliphatic heterocycles. The summed E-state index contributed by atoms with van der Waals surface area (Å²) in [5.41, 5.74) is 0. The van der Waals surface area contributed by atoms with Crippen LogP contribution in [0, 0.1) is 0 Å². The molecule has 0 saturated heterocycles. The first-order chi connectivity index (χ1) is 8.27. The molecule has 0 fully saturated rings. The lowest BCUT2D eigenvalue weighted by Crippen LogP contribution is -2.20. The largest absolute Gasteiger partial charge is 0.396 e. The first kappa shape index (κ1) is 15.0. The zero-order valence-corrected chi connectivity index (χ0v) is 12.4. The number of thiophene rings is 1. The van der Waals surface area contributed by atoms with Gasteiger partial charge in [-0.3, -0.25) is 0 Å². The number of nitrogens with one attached hydrogen (secondary N) is 1. The van der Waals surface area contributed by atoms with Crippen LogP contribution in [0.25, 0.3) is 0 Å². The van der Waals surface area contributed by atoms with E-state index in [1.807, 2.05) is 23.1 Å². The average molecular weight is 273 g/mol. The molecule has 0 spiro atoms. The lowest BCUT2D eigenvalue weighted by molar-refractivity contribution is 0.296. The molecule has 4 heteroatoms. The van der Waals surface area contributed by atoms with Gasteiger partial charge in [-0.05, 0) is 37.7 Å². The van der Waals surface area contributed by atoms with Gasteiger partial charge in [0.15, 0.2) is 0 Å². The number of hydrogen-bond donors (Lipinski definition) is 2.